The summed E-state index contributed by atoms with van der Waals surface area (Å²) in [5, 5.41) is 2.29. The number of hydrogen-bond acceptors (Lipinski definition) is 3. The van der Waals surface area contributed by atoms with Crippen LogP contribution in [0.15, 0.2) is 66.7 Å². The predicted molar refractivity (Wildman–Crippen MR) is 119 cm³/mol. The third kappa shape index (κ3) is 3.30. The van der Waals surface area contributed by atoms with E-state index in [4.69, 9.17) is 9.72 Å². The van der Waals surface area contributed by atoms with Crippen molar-refractivity contribution in [1.82, 2.24) is 14.5 Å². The average Bonchev–Trinajstić information content (AvgIpc) is 3.34. The van der Waals surface area contributed by atoms with Crippen LogP contribution in [0.1, 0.15) is 25.1 Å². The Bertz CT molecular complexity index is 1210. The average molecular weight is 399 g/mol. The number of hydrogen-bond donors (Lipinski definition) is 0. The van der Waals surface area contributed by atoms with Gasteiger partial charge in [-0.05, 0) is 30.5 Å². The number of amides is 1. The third-order valence-electron chi connectivity index (χ3n) is 5.97. The summed E-state index contributed by atoms with van der Waals surface area (Å²) in [6.07, 6.45) is 0.529. The van der Waals surface area contributed by atoms with Gasteiger partial charge in [-0.1, -0.05) is 48.5 Å². The summed E-state index contributed by atoms with van der Waals surface area (Å²) in [6, 6.07) is 22.6. The molecule has 0 bridgehead atoms. The maximum Gasteiger partial charge on any atom is 0.223 e. The minimum atomic E-state index is 0.127. The van der Waals surface area contributed by atoms with Gasteiger partial charge in [0.05, 0.1) is 17.6 Å². The molecule has 5 heteroatoms. The zero-order chi connectivity index (χ0) is 20.5. The highest BCUT2D eigenvalue weighted by Crippen LogP contribution is 2.30. The van der Waals surface area contributed by atoms with Gasteiger partial charge in [-0.3, -0.25) is 4.79 Å². The summed E-state index contributed by atoms with van der Waals surface area (Å²) in [4.78, 5) is 19.1. The standard InChI is InChI=1S/C25H25N3O2/c1-2-27-17-19(16-24(27)29)25-26-21-11-5-6-12-22(21)28(25)14-15-30-23-13-7-9-18-8-3-4-10-20(18)23/h3-13,19H,2,14-17H2,1H3. The first-order valence-electron chi connectivity index (χ1n) is 10.6. The molecule has 1 aliphatic heterocycles. The zero-order valence-electron chi connectivity index (χ0n) is 17.1. The summed E-state index contributed by atoms with van der Waals surface area (Å²) in [6.45, 7) is 4.75. The highest BCUT2D eigenvalue weighted by atomic mass is 16.5. The lowest BCUT2D eigenvalue weighted by Crippen LogP contribution is -2.24. The molecule has 0 radical (unpaired) electrons. The van der Waals surface area contributed by atoms with Crippen molar-refractivity contribution < 1.29 is 9.53 Å². The summed E-state index contributed by atoms with van der Waals surface area (Å²) in [7, 11) is 0. The fraction of sp³-hybridized carbons (Fsp3) is 0.280. The number of carbonyl (C=O) groups excluding carboxylic acids is 1. The van der Waals surface area contributed by atoms with Crippen molar-refractivity contribution in [3.8, 4) is 5.75 Å². The Hall–Kier alpha value is -3.34. The zero-order valence-corrected chi connectivity index (χ0v) is 17.1. The van der Waals surface area contributed by atoms with Crippen LogP contribution in [0.2, 0.25) is 0 Å². The van der Waals surface area contributed by atoms with Crippen molar-refractivity contribution in [2.75, 3.05) is 19.7 Å². The molecule has 0 spiro atoms. The van der Waals surface area contributed by atoms with Gasteiger partial charge in [0.25, 0.3) is 0 Å². The quantitative estimate of drug-likeness (QED) is 0.476. The fourth-order valence-electron chi connectivity index (χ4n) is 4.46. The number of rotatable bonds is 6. The molecule has 0 N–H and O–H groups in total. The molecule has 1 atom stereocenters. The number of benzene rings is 3. The second kappa shape index (κ2) is 7.82. The molecule has 5 nitrogen and oxygen atoms in total. The van der Waals surface area contributed by atoms with E-state index in [1.165, 1.54) is 5.39 Å². The molecule has 2 heterocycles. The van der Waals surface area contributed by atoms with E-state index < -0.39 is 0 Å². The maximum absolute atomic E-state index is 12.3. The van der Waals surface area contributed by atoms with Crippen molar-refractivity contribution in [2.24, 2.45) is 0 Å². The Morgan fingerprint density at radius 3 is 2.70 bits per heavy atom. The van der Waals surface area contributed by atoms with Crippen LogP contribution in [0.4, 0.5) is 0 Å². The van der Waals surface area contributed by atoms with Gasteiger partial charge in [0.2, 0.25) is 5.91 Å². The molecule has 1 saturated heterocycles. The van der Waals surface area contributed by atoms with E-state index in [1.807, 2.05) is 54.3 Å². The van der Waals surface area contributed by atoms with Gasteiger partial charge in [0.1, 0.15) is 18.2 Å². The number of likely N-dealkylation sites (tertiary alicyclic amines) is 1. The third-order valence-corrected chi connectivity index (χ3v) is 5.97. The Kier molecular flexibility index (Phi) is 4.87. The van der Waals surface area contributed by atoms with Gasteiger partial charge < -0.3 is 14.2 Å². The van der Waals surface area contributed by atoms with Crippen LogP contribution in [0.25, 0.3) is 21.8 Å². The molecule has 0 aliphatic carbocycles. The second-order valence-corrected chi connectivity index (χ2v) is 7.77. The van der Waals surface area contributed by atoms with Gasteiger partial charge in [-0.15, -0.1) is 0 Å². The second-order valence-electron chi connectivity index (χ2n) is 7.77. The highest BCUT2D eigenvalue weighted by Gasteiger charge is 2.33. The number of carbonyl (C=O) groups is 1. The van der Waals surface area contributed by atoms with E-state index in [0.717, 1.165) is 41.1 Å². The lowest BCUT2D eigenvalue weighted by molar-refractivity contribution is -0.127. The maximum atomic E-state index is 12.3. The molecule has 1 fully saturated rings. The lowest BCUT2D eigenvalue weighted by Gasteiger charge is -2.16. The molecule has 1 aromatic heterocycles. The predicted octanol–water partition coefficient (Wildman–Crippen LogP) is 4.60. The molecule has 4 aromatic rings. The summed E-state index contributed by atoms with van der Waals surface area (Å²) in [5.41, 5.74) is 2.07. The summed E-state index contributed by atoms with van der Waals surface area (Å²) < 4.78 is 8.43. The van der Waals surface area contributed by atoms with Crippen LogP contribution in [0.5, 0.6) is 5.75 Å². The summed E-state index contributed by atoms with van der Waals surface area (Å²) in [5.74, 6) is 2.23. The number of ether oxygens (including phenoxy) is 1. The van der Waals surface area contributed by atoms with Crippen molar-refractivity contribution in [3.05, 3.63) is 72.6 Å². The van der Waals surface area contributed by atoms with Gasteiger partial charge in [0.15, 0.2) is 0 Å². The SMILES string of the molecule is CCN1CC(c2nc3ccccc3n2CCOc2cccc3ccccc23)CC1=O. The van der Waals surface area contributed by atoms with Gasteiger partial charge in [0, 0.05) is 30.8 Å². The number of para-hydroxylation sites is 2. The van der Waals surface area contributed by atoms with Crippen LogP contribution < -0.4 is 4.74 Å². The van der Waals surface area contributed by atoms with Crippen LogP contribution >= 0.6 is 0 Å². The van der Waals surface area contributed by atoms with Crippen molar-refractivity contribution in [2.45, 2.75) is 25.8 Å². The molecule has 0 saturated carbocycles. The lowest BCUT2D eigenvalue weighted by atomic mass is 10.1. The molecule has 30 heavy (non-hydrogen) atoms. The Morgan fingerprint density at radius 2 is 1.83 bits per heavy atom. The normalized spacial score (nSPS) is 16.6. The molecule has 1 aliphatic rings. The fourth-order valence-corrected chi connectivity index (χ4v) is 4.46. The Morgan fingerprint density at radius 1 is 1.03 bits per heavy atom. The molecular formula is C25H25N3O2. The number of imidazole rings is 1. The topological polar surface area (TPSA) is 47.4 Å². The largest absolute Gasteiger partial charge is 0.491 e. The minimum absolute atomic E-state index is 0.127. The van der Waals surface area contributed by atoms with E-state index >= 15 is 0 Å². The molecule has 152 valence electrons. The van der Waals surface area contributed by atoms with Crippen molar-refractivity contribution >= 4 is 27.7 Å². The van der Waals surface area contributed by atoms with E-state index in [9.17, 15) is 4.79 Å². The van der Waals surface area contributed by atoms with E-state index in [0.29, 0.717) is 19.6 Å². The van der Waals surface area contributed by atoms with Gasteiger partial charge in [-0.25, -0.2) is 4.98 Å². The molecule has 1 unspecified atom stereocenters. The molecule has 5 rings (SSSR count). The smallest absolute Gasteiger partial charge is 0.223 e. The molecular weight excluding hydrogens is 374 g/mol. The van der Waals surface area contributed by atoms with Crippen LogP contribution in [-0.4, -0.2) is 40.1 Å². The Labute approximate surface area is 175 Å². The van der Waals surface area contributed by atoms with Crippen molar-refractivity contribution in [1.29, 1.82) is 0 Å². The number of fused-ring (bicyclic) bond motifs is 2. The minimum Gasteiger partial charge on any atom is -0.491 e. The van der Waals surface area contributed by atoms with E-state index in [1.54, 1.807) is 0 Å². The first-order valence-corrected chi connectivity index (χ1v) is 10.6. The first-order chi connectivity index (χ1) is 14.7. The van der Waals surface area contributed by atoms with Crippen molar-refractivity contribution in [3.63, 3.8) is 0 Å². The van der Waals surface area contributed by atoms with Crippen LogP contribution in [0.3, 0.4) is 0 Å². The number of nitrogens with zero attached hydrogens (tertiary/aromatic N) is 3. The van der Waals surface area contributed by atoms with Gasteiger partial charge >= 0.3 is 0 Å². The highest BCUT2D eigenvalue weighted by molar-refractivity contribution is 5.88. The number of aromatic nitrogens is 2. The van der Waals surface area contributed by atoms with Gasteiger partial charge in [-0.2, -0.15) is 0 Å². The first kappa shape index (κ1) is 18.7. The van der Waals surface area contributed by atoms with E-state index in [2.05, 4.69) is 28.8 Å². The number of likely N-dealkylation sites (N-methyl/N-ethyl adjacent to an activating group) is 1. The van der Waals surface area contributed by atoms with E-state index in [-0.39, 0.29) is 11.8 Å². The van der Waals surface area contributed by atoms with Crippen LogP contribution in [0, 0.1) is 0 Å². The molecule has 3 aromatic carbocycles. The van der Waals surface area contributed by atoms with Crippen LogP contribution in [-0.2, 0) is 11.3 Å². The monoisotopic (exact) mass is 399 g/mol. The Balaban J connectivity index is 1.42. The summed E-state index contributed by atoms with van der Waals surface area (Å²) >= 11 is 0. The molecule has 1 amide bonds.